The summed E-state index contributed by atoms with van der Waals surface area (Å²) in [5.41, 5.74) is 15.3. The topological polar surface area (TPSA) is 268 Å². The summed E-state index contributed by atoms with van der Waals surface area (Å²) in [4.78, 5) is 11.0. The second-order valence-corrected chi connectivity index (χ2v) is 10.9. The van der Waals surface area contributed by atoms with Crippen LogP contribution in [0.3, 0.4) is 0 Å². The zero-order chi connectivity index (χ0) is 26.1. The maximum atomic E-state index is 12.7. The van der Waals surface area contributed by atoms with E-state index in [1.165, 1.54) is 24.3 Å². The van der Waals surface area contributed by atoms with Crippen molar-refractivity contribution >= 4 is 31.5 Å². The molecule has 0 spiro atoms. The van der Waals surface area contributed by atoms with Crippen LogP contribution in [0.4, 0.5) is 0 Å². The highest BCUT2D eigenvalue weighted by molar-refractivity contribution is 7.92. The summed E-state index contributed by atoms with van der Waals surface area (Å²) in [7, 11) is -8.81. The molecule has 0 aliphatic heterocycles. The van der Waals surface area contributed by atoms with E-state index < -0.39 is 46.9 Å². The van der Waals surface area contributed by atoms with Crippen molar-refractivity contribution in [2.24, 2.45) is 22.3 Å². The van der Waals surface area contributed by atoms with Crippen molar-refractivity contribution in [2.45, 2.75) is 34.3 Å². The summed E-state index contributed by atoms with van der Waals surface area (Å²) in [5.74, 6) is -0.556. The van der Waals surface area contributed by atoms with Gasteiger partial charge < -0.3 is 22.5 Å². The molecule has 1 amide bonds. The lowest BCUT2D eigenvalue weighted by atomic mass is 9.72. The summed E-state index contributed by atoms with van der Waals surface area (Å²) in [6.45, 7) is 1.48. The van der Waals surface area contributed by atoms with Gasteiger partial charge in [-0.25, -0.2) is 26.7 Å². The molecule has 0 saturated carbocycles. The van der Waals surface area contributed by atoms with E-state index in [1.54, 1.807) is 6.92 Å². The van der Waals surface area contributed by atoms with Crippen molar-refractivity contribution in [1.29, 1.82) is 0 Å². The molecule has 1 heterocycles. The highest BCUT2D eigenvalue weighted by Crippen LogP contribution is 2.42. The van der Waals surface area contributed by atoms with Crippen LogP contribution in [-0.2, 0) is 30.4 Å². The number of allylic oxidation sites excluding steroid dienone is 2. The molecule has 11 N–H and O–H groups in total. The number of hydrogen-bond acceptors (Lipinski definition) is 11. The minimum absolute atomic E-state index is 0.0102. The third-order valence-corrected chi connectivity index (χ3v) is 7.95. The van der Waals surface area contributed by atoms with Gasteiger partial charge in [0.05, 0.1) is 0 Å². The van der Waals surface area contributed by atoms with Crippen LogP contribution in [0.2, 0.25) is 0 Å². The number of tetrazole rings is 1. The second kappa shape index (κ2) is 9.53. The maximum Gasteiger partial charge on any atom is 0.241 e. The molecule has 2 atom stereocenters. The Morgan fingerprint density at radius 2 is 1.89 bits per heavy atom. The number of nitrogens with two attached hydrogens (primary N) is 4. The highest BCUT2D eigenvalue weighted by Gasteiger charge is 2.54. The van der Waals surface area contributed by atoms with Crippen molar-refractivity contribution in [3.63, 3.8) is 0 Å². The second-order valence-electron chi connectivity index (χ2n) is 7.65. The average Bonchev–Trinajstić information content (AvgIpc) is 3.34. The number of H-pyrrole nitrogens is 1. The molecule has 0 saturated heterocycles. The third-order valence-electron chi connectivity index (χ3n) is 5.35. The summed E-state index contributed by atoms with van der Waals surface area (Å²) in [6, 6.07) is 3.42. The Hall–Kier alpha value is -3.06. The number of nitrogens with one attached hydrogen (secondary N) is 3. The molecule has 1 unspecified atom stereocenters. The predicted molar refractivity (Wildman–Crippen MR) is 125 cm³/mol. The molecule has 1 aliphatic carbocycles. The molecular formula is C18H26N10O5S2. The van der Waals surface area contributed by atoms with Crippen LogP contribution in [0.15, 0.2) is 46.2 Å². The number of amides is 1. The Morgan fingerprint density at radius 1 is 1.17 bits per heavy atom. The van der Waals surface area contributed by atoms with Gasteiger partial charge in [-0.15, -0.1) is 10.2 Å². The standard InChI is InChI=1S/C18H26N10O5S2/c1-2-15(29)24-17(20)7-3-4-12(18(17,21)16-25-27-28-26-16)11-5-6-13(14(10-11)34(22,30)31)35(32,33)23-9-8-19/h3-7,10,23H,2,8-9,19-21H2,1H3,(H,24,29)(H2,22,30,31)(H,25,26,27,28)/t17?,18-/m1/s1. The first kappa shape index (κ1) is 26.5. The van der Waals surface area contributed by atoms with Gasteiger partial charge in [0, 0.05) is 19.5 Å². The zero-order valence-electron chi connectivity index (χ0n) is 18.6. The first-order chi connectivity index (χ1) is 16.3. The van der Waals surface area contributed by atoms with Gasteiger partial charge in [-0.2, -0.15) is 5.21 Å². The van der Waals surface area contributed by atoms with E-state index in [0.717, 1.165) is 12.1 Å². The largest absolute Gasteiger partial charge is 0.332 e. The van der Waals surface area contributed by atoms with Gasteiger partial charge in [-0.05, 0) is 29.3 Å². The Bertz CT molecular complexity index is 1390. The van der Waals surface area contributed by atoms with Crippen LogP contribution >= 0.6 is 0 Å². The fourth-order valence-electron chi connectivity index (χ4n) is 3.59. The Balaban J connectivity index is 2.25. The molecule has 0 radical (unpaired) electrons. The van der Waals surface area contributed by atoms with E-state index in [0.29, 0.717) is 0 Å². The van der Waals surface area contributed by atoms with Gasteiger partial charge in [-0.3, -0.25) is 4.79 Å². The number of rotatable bonds is 9. The van der Waals surface area contributed by atoms with Crippen molar-refractivity contribution in [3.8, 4) is 0 Å². The number of carbonyl (C=O) groups excluding carboxylic acids is 1. The molecule has 2 aromatic rings. The molecular weight excluding hydrogens is 500 g/mol. The van der Waals surface area contributed by atoms with Gasteiger partial charge in [0.15, 0.2) is 0 Å². The van der Waals surface area contributed by atoms with Crippen molar-refractivity contribution in [3.05, 3.63) is 47.8 Å². The first-order valence-electron chi connectivity index (χ1n) is 10.2. The monoisotopic (exact) mass is 526 g/mol. The van der Waals surface area contributed by atoms with E-state index in [9.17, 15) is 21.6 Å². The highest BCUT2D eigenvalue weighted by atomic mass is 32.2. The number of aromatic nitrogens is 4. The zero-order valence-corrected chi connectivity index (χ0v) is 20.2. The van der Waals surface area contributed by atoms with Crippen LogP contribution in [0.5, 0.6) is 0 Å². The Kier molecular flexibility index (Phi) is 7.23. The summed E-state index contributed by atoms with van der Waals surface area (Å²) >= 11 is 0. The van der Waals surface area contributed by atoms with Crippen LogP contribution in [0.1, 0.15) is 24.7 Å². The number of aromatic amines is 1. The molecule has 17 heteroatoms. The number of primary sulfonamides is 1. The van der Waals surface area contributed by atoms with Gasteiger partial charge in [0.1, 0.15) is 21.0 Å². The quantitative estimate of drug-likeness (QED) is 0.162. The molecule has 1 aromatic heterocycles. The lowest BCUT2D eigenvalue weighted by molar-refractivity contribution is -0.122. The summed E-state index contributed by atoms with van der Waals surface area (Å²) in [5, 5.41) is 21.6. The van der Waals surface area contributed by atoms with E-state index in [2.05, 4.69) is 30.7 Å². The molecule has 15 nitrogen and oxygen atoms in total. The van der Waals surface area contributed by atoms with E-state index in [4.69, 9.17) is 22.3 Å². The summed E-state index contributed by atoms with van der Waals surface area (Å²) in [6.07, 6.45) is 4.52. The van der Waals surface area contributed by atoms with Gasteiger partial charge in [0.2, 0.25) is 31.8 Å². The van der Waals surface area contributed by atoms with Crippen LogP contribution in [0, 0.1) is 0 Å². The van der Waals surface area contributed by atoms with Crippen LogP contribution in [-0.4, -0.2) is 62.1 Å². The molecule has 0 fully saturated rings. The van der Waals surface area contributed by atoms with E-state index >= 15 is 0 Å². The number of nitrogens with zero attached hydrogens (tertiary/aromatic N) is 3. The minimum Gasteiger partial charge on any atom is -0.332 e. The lowest BCUT2D eigenvalue weighted by Gasteiger charge is -2.45. The average molecular weight is 527 g/mol. The minimum atomic E-state index is -4.53. The van der Waals surface area contributed by atoms with Gasteiger partial charge in [-0.1, -0.05) is 30.4 Å². The lowest BCUT2D eigenvalue weighted by Crippen LogP contribution is -2.72. The molecule has 1 aromatic carbocycles. The SMILES string of the molecule is CCC(=O)NC1(N)C=CC=C(c2ccc(S(=O)(=O)NCCN)c(S(N)(=O)=O)c2)[C@@]1(N)c1nn[nH]n1. The molecule has 3 rings (SSSR count). The normalized spacial score (nSPS) is 22.6. The number of benzene rings is 1. The fourth-order valence-corrected chi connectivity index (χ4v) is 6.02. The van der Waals surface area contributed by atoms with Crippen molar-refractivity contribution < 1.29 is 21.6 Å². The molecule has 35 heavy (non-hydrogen) atoms. The van der Waals surface area contributed by atoms with Gasteiger partial charge >= 0.3 is 0 Å². The van der Waals surface area contributed by atoms with Crippen molar-refractivity contribution in [1.82, 2.24) is 30.7 Å². The molecule has 190 valence electrons. The van der Waals surface area contributed by atoms with E-state index in [-0.39, 0.29) is 36.5 Å². The predicted octanol–water partition coefficient (Wildman–Crippen LogP) is -2.93. The fraction of sp³-hybridized carbons (Fsp3) is 0.333. The number of hydrogen-bond donors (Lipinski definition) is 7. The smallest absolute Gasteiger partial charge is 0.241 e. The number of carbonyl (C=O) groups is 1. The molecule has 1 aliphatic rings. The number of sulfonamides is 2. The van der Waals surface area contributed by atoms with Crippen molar-refractivity contribution in [2.75, 3.05) is 13.1 Å². The van der Waals surface area contributed by atoms with Crippen LogP contribution < -0.4 is 32.4 Å². The summed E-state index contributed by atoms with van der Waals surface area (Å²) < 4.78 is 52.3. The Labute approximate surface area is 201 Å². The Morgan fingerprint density at radius 3 is 2.46 bits per heavy atom. The van der Waals surface area contributed by atoms with Gasteiger partial charge in [0.25, 0.3) is 0 Å². The van der Waals surface area contributed by atoms with E-state index in [1.807, 2.05) is 0 Å². The molecule has 0 bridgehead atoms. The maximum absolute atomic E-state index is 12.7. The third kappa shape index (κ3) is 4.87. The van der Waals surface area contributed by atoms with Crippen LogP contribution in [0.25, 0.3) is 5.57 Å². The first-order valence-corrected chi connectivity index (χ1v) is 13.2.